The fourth-order valence-electron chi connectivity index (χ4n) is 1.59. The lowest BCUT2D eigenvalue weighted by Gasteiger charge is -2.44. The molecule has 1 aliphatic rings. The van der Waals surface area contributed by atoms with E-state index in [1.165, 1.54) is 6.92 Å². The first kappa shape index (κ1) is 14.9. The zero-order chi connectivity index (χ0) is 14.3. The van der Waals surface area contributed by atoms with Gasteiger partial charge in [0.1, 0.15) is 11.6 Å². The summed E-state index contributed by atoms with van der Waals surface area (Å²) in [6.45, 7) is 6.43. The van der Waals surface area contributed by atoms with Crippen molar-refractivity contribution < 1.29 is 28.7 Å². The van der Waals surface area contributed by atoms with E-state index in [4.69, 9.17) is 14.5 Å². The van der Waals surface area contributed by atoms with Gasteiger partial charge >= 0.3 is 13.8 Å². The number of nitrogens with one attached hydrogen (secondary N) is 1. The van der Waals surface area contributed by atoms with Crippen LogP contribution in [0.15, 0.2) is 0 Å². The number of amides is 2. The van der Waals surface area contributed by atoms with Crippen molar-refractivity contribution in [3.8, 4) is 0 Å². The van der Waals surface area contributed by atoms with E-state index in [1.807, 2.05) is 0 Å². The van der Waals surface area contributed by atoms with Gasteiger partial charge in [-0.25, -0.2) is 14.0 Å². The van der Waals surface area contributed by atoms with Crippen LogP contribution in [-0.4, -0.2) is 44.1 Å². The van der Waals surface area contributed by atoms with Crippen molar-refractivity contribution in [1.29, 1.82) is 0 Å². The molecule has 3 N–H and O–H groups in total. The van der Waals surface area contributed by atoms with Crippen LogP contribution in [0, 0.1) is 0 Å². The summed E-state index contributed by atoms with van der Waals surface area (Å²) in [7, 11) is -4.61. The Bertz CT molecular complexity index is 412. The molecule has 1 rings (SSSR count). The molecule has 0 aromatic rings. The van der Waals surface area contributed by atoms with Gasteiger partial charge in [-0.1, -0.05) is 0 Å². The van der Waals surface area contributed by atoms with Gasteiger partial charge in [0, 0.05) is 0 Å². The van der Waals surface area contributed by atoms with Gasteiger partial charge in [0.25, 0.3) is 5.91 Å². The molecular weight excluding hydrogens is 263 g/mol. The van der Waals surface area contributed by atoms with Crippen LogP contribution < -0.4 is 5.32 Å². The Morgan fingerprint density at radius 2 is 1.94 bits per heavy atom. The first-order chi connectivity index (χ1) is 7.93. The first-order valence-electron chi connectivity index (χ1n) is 5.32. The van der Waals surface area contributed by atoms with E-state index in [9.17, 15) is 14.2 Å². The lowest BCUT2D eigenvalue weighted by atomic mass is 10.0. The smallest absolute Gasteiger partial charge is 0.432 e. The molecule has 2 atom stereocenters. The molecule has 104 valence electrons. The van der Waals surface area contributed by atoms with E-state index < -0.39 is 37.4 Å². The van der Waals surface area contributed by atoms with Crippen LogP contribution in [0.2, 0.25) is 0 Å². The van der Waals surface area contributed by atoms with Gasteiger partial charge in [-0.05, 0) is 27.7 Å². The summed E-state index contributed by atoms with van der Waals surface area (Å²) >= 11 is 0. The highest BCUT2D eigenvalue weighted by Gasteiger charge is 2.53. The van der Waals surface area contributed by atoms with Crippen molar-refractivity contribution in [3.05, 3.63) is 0 Å². The summed E-state index contributed by atoms with van der Waals surface area (Å²) in [5.74, 6) is -0.818. The Morgan fingerprint density at radius 1 is 1.44 bits per heavy atom. The van der Waals surface area contributed by atoms with Crippen molar-refractivity contribution in [2.45, 2.75) is 45.4 Å². The Labute approximate surface area is 105 Å². The van der Waals surface area contributed by atoms with Crippen molar-refractivity contribution >= 4 is 19.7 Å². The Morgan fingerprint density at radius 3 is 2.28 bits per heavy atom. The van der Waals surface area contributed by atoms with Gasteiger partial charge in [-0.15, -0.1) is 0 Å². The molecule has 0 bridgehead atoms. The monoisotopic (exact) mass is 280 g/mol. The second-order valence-electron chi connectivity index (χ2n) is 5.06. The highest BCUT2D eigenvalue weighted by atomic mass is 31.2. The molecule has 1 fully saturated rings. The summed E-state index contributed by atoms with van der Waals surface area (Å²) in [5.41, 5.74) is -0.705. The third-order valence-electron chi connectivity index (χ3n) is 2.31. The van der Waals surface area contributed by atoms with Gasteiger partial charge in [-0.2, -0.15) is 0 Å². The third-order valence-corrected chi connectivity index (χ3v) is 3.44. The molecule has 0 unspecified atom stereocenters. The highest BCUT2D eigenvalue weighted by molar-refractivity contribution is 7.50. The number of hydrogen-bond donors (Lipinski definition) is 3. The zero-order valence-corrected chi connectivity index (χ0v) is 11.5. The number of rotatable bonds is 2. The number of β-lactam (4-membered cyclic amide) rings is 1. The van der Waals surface area contributed by atoms with Crippen molar-refractivity contribution in [2.75, 3.05) is 0 Å². The minimum Gasteiger partial charge on any atom is -0.444 e. The first-order valence-corrected chi connectivity index (χ1v) is 6.88. The molecule has 1 heterocycles. The fraction of sp³-hybridized carbons (Fsp3) is 0.778. The summed E-state index contributed by atoms with van der Waals surface area (Å²) in [6.07, 6.45) is -0.793. The number of carbonyl (C=O) groups is 2. The largest absolute Gasteiger partial charge is 0.444 e. The lowest BCUT2D eigenvalue weighted by Crippen LogP contribution is -2.68. The molecule has 0 spiro atoms. The van der Waals surface area contributed by atoms with Crippen LogP contribution in [0.1, 0.15) is 27.7 Å². The number of alkyl carbamates (subject to hydrolysis) is 1. The van der Waals surface area contributed by atoms with Gasteiger partial charge in [-0.3, -0.25) is 4.79 Å². The van der Waals surface area contributed by atoms with Gasteiger partial charge in [0.2, 0.25) is 0 Å². The third kappa shape index (κ3) is 3.22. The van der Waals surface area contributed by atoms with Crippen LogP contribution in [-0.2, 0) is 14.1 Å². The lowest BCUT2D eigenvalue weighted by molar-refractivity contribution is -0.142. The molecular formula is C9H17N2O6P. The molecule has 1 aliphatic heterocycles. The van der Waals surface area contributed by atoms with Crippen molar-refractivity contribution in [3.63, 3.8) is 0 Å². The van der Waals surface area contributed by atoms with Gasteiger partial charge in [0.05, 0.1) is 6.04 Å². The van der Waals surface area contributed by atoms with E-state index in [0.29, 0.717) is 4.67 Å². The zero-order valence-electron chi connectivity index (χ0n) is 10.6. The quantitative estimate of drug-likeness (QED) is 0.491. The maximum absolute atomic E-state index is 11.5. The molecule has 18 heavy (non-hydrogen) atoms. The molecule has 0 aromatic heterocycles. The molecule has 0 radical (unpaired) electrons. The Hall–Kier alpha value is -1.11. The molecule has 0 aliphatic carbocycles. The fourth-order valence-corrected chi connectivity index (χ4v) is 2.58. The minimum atomic E-state index is -4.61. The normalized spacial score (nSPS) is 24.6. The van der Waals surface area contributed by atoms with Gasteiger partial charge < -0.3 is 19.8 Å². The predicted octanol–water partition coefficient (Wildman–Crippen LogP) is 0.203. The molecule has 2 amide bonds. The number of nitrogens with zero attached hydrogens (tertiary/aromatic N) is 1. The van der Waals surface area contributed by atoms with Crippen LogP contribution >= 0.6 is 7.75 Å². The summed E-state index contributed by atoms with van der Waals surface area (Å²) in [6, 6.07) is -1.74. The highest BCUT2D eigenvalue weighted by Crippen LogP contribution is 2.47. The second kappa shape index (κ2) is 4.53. The van der Waals surface area contributed by atoms with E-state index >= 15 is 0 Å². The SMILES string of the molecule is C[C@@H]1[C@H](NC(=O)OC(C)(C)C)C(=O)N1P(=O)(O)O. The van der Waals surface area contributed by atoms with Crippen molar-refractivity contribution in [1.82, 2.24) is 9.99 Å². The van der Waals surface area contributed by atoms with E-state index in [-0.39, 0.29) is 0 Å². The number of ether oxygens (including phenoxy) is 1. The maximum Gasteiger partial charge on any atom is 0.432 e. The predicted molar refractivity (Wildman–Crippen MR) is 61.5 cm³/mol. The van der Waals surface area contributed by atoms with E-state index in [1.54, 1.807) is 20.8 Å². The number of hydrogen-bond acceptors (Lipinski definition) is 4. The summed E-state index contributed by atoms with van der Waals surface area (Å²) in [4.78, 5) is 40.7. The van der Waals surface area contributed by atoms with Crippen LogP contribution in [0.4, 0.5) is 4.79 Å². The molecule has 1 saturated heterocycles. The van der Waals surface area contributed by atoms with E-state index in [0.717, 1.165) is 0 Å². The molecule has 0 saturated carbocycles. The average Bonchev–Trinajstić information content (AvgIpc) is 2.09. The topological polar surface area (TPSA) is 116 Å². The minimum absolute atomic E-state index is 0.440. The standard InChI is InChI=1S/C9H17N2O6P/c1-5-6(7(12)11(5)18(14,15)16)10-8(13)17-9(2,3)4/h5-6H,1-4H3,(H,10,13)(H2,14,15,16)/t5-,6+/m1/s1. The van der Waals surface area contributed by atoms with Gasteiger partial charge in [0.15, 0.2) is 0 Å². The Balaban J connectivity index is 2.60. The summed E-state index contributed by atoms with van der Waals surface area (Å²) < 4.78 is 16.3. The Kier molecular flexibility index (Phi) is 3.76. The number of carbonyl (C=O) groups excluding carboxylic acids is 2. The molecule has 0 aromatic carbocycles. The molecule has 9 heteroatoms. The van der Waals surface area contributed by atoms with E-state index in [2.05, 4.69) is 5.32 Å². The van der Waals surface area contributed by atoms with Crippen molar-refractivity contribution in [2.24, 2.45) is 0 Å². The second-order valence-corrected chi connectivity index (χ2v) is 6.52. The summed E-state index contributed by atoms with van der Waals surface area (Å²) in [5, 5.41) is 2.28. The van der Waals surface area contributed by atoms with Crippen LogP contribution in [0.3, 0.4) is 0 Å². The average molecular weight is 280 g/mol. The molecule has 8 nitrogen and oxygen atoms in total. The maximum atomic E-state index is 11.5. The van der Waals surface area contributed by atoms with Crippen LogP contribution in [0.5, 0.6) is 0 Å². The van der Waals surface area contributed by atoms with Crippen LogP contribution in [0.25, 0.3) is 0 Å².